The molecule has 1 aliphatic rings. The second kappa shape index (κ2) is 5.82. The third kappa shape index (κ3) is 2.81. The van der Waals surface area contributed by atoms with Crippen molar-refractivity contribution in [1.82, 2.24) is 19.7 Å². The van der Waals surface area contributed by atoms with E-state index in [2.05, 4.69) is 40.3 Å². The minimum absolute atomic E-state index is 0.505. The molecule has 3 heterocycles. The van der Waals surface area contributed by atoms with E-state index in [1.165, 1.54) is 5.39 Å². The van der Waals surface area contributed by atoms with Crippen LogP contribution in [0.5, 0.6) is 0 Å². The summed E-state index contributed by atoms with van der Waals surface area (Å²) in [5, 5.41) is 14.5. The van der Waals surface area contributed by atoms with Crippen molar-refractivity contribution in [3.8, 4) is 6.07 Å². The van der Waals surface area contributed by atoms with Gasteiger partial charge in [0.15, 0.2) is 5.69 Å². The van der Waals surface area contributed by atoms with Crippen molar-refractivity contribution in [3.05, 3.63) is 59.5 Å². The third-order valence-electron chi connectivity index (χ3n) is 4.25. The van der Waals surface area contributed by atoms with Gasteiger partial charge < -0.3 is 0 Å². The van der Waals surface area contributed by atoms with Gasteiger partial charge in [-0.1, -0.05) is 24.3 Å². The van der Waals surface area contributed by atoms with Crippen molar-refractivity contribution < 1.29 is 0 Å². The van der Waals surface area contributed by atoms with Crippen LogP contribution in [0, 0.1) is 11.3 Å². The number of pyridine rings is 1. The zero-order valence-corrected chi connectivity index (χ0v) is 12.8. The Kier molecular flexibility index (Phi) is 3.52. The Balaban J connectivity index is 1.56. The van der Waals surface area contributed by atoms with Crippen LogP contribution in [0.15, 0.2) is 42.5 Å². The van der Waals surface area contributed by atoms with Gasteiger partial charge in [-0.25, -0.2) is 0 Å². The molecule has 0 radical (unpaired) electrons. The maximum Gasteiger partial charge on any atom is 0.162 e. The molecule has 0 amide bonds. The van der Waals surface area contributed by atoms with Gasteiger partial charge in [-0.05, 0) is 24.6 Å². The van der Waals surface area contributed by atoms with Crippen molar-refractivity contribution >= 4 is 10.9 Å². The molecule has 1 aliphatic heterocycles. The Morgan fingerprint density at radius 2 is 2.04 bits per heavy atom. The molecule has 0 bridgehead atoms. The lowest BCUT2D eigenvalue weighted by Gasteiger charge is -2.19. The zero-order chi connectivity index (χ0) is 15.6. The van der Waals surface area contributed by atoms with Crippen molar-refractivity contribution in [2.75, 3.05) is 6.54 Å². The minimum atomic E-state index is 0.505. The van der Waals surface area contributed by atoms with E-state index in [1.807, 2.05) is 22.9 Å². The first kappa shape index (κ1) is 13.9. The van der Waals surface area contributed by atoms with E-state index in [1.54, 1.807) is 0 Å². The molecule has 0 saturated carbocycles. The average molecular weight is 303 g/mol. The normalized spacial score (nSPS) is 15.1. The van der Waals surface area contributed by atoms with E-state index < -0.39 is 0 Å². The molecule has 3 aromatic rings. The summed E-state index contributed by atoms with van der Waals surface area (Å²) in [4.78, 5) is 7.13. The molecule has 4 rings (SSSR count). The fourth-order valence-electron chi connectivity index (χ4n) is 3.14. The lowest BCUT2D eigenvalue weighted by atomic mass is 10.2. The van der Waals surface area contributed by atoms with Gasteiger partial charge in [0.1, 0.15) is 6.07 Å². The van der Waals surface area contributed by atoms with E-state index in [0.717, 1.165) is 49.5 Å². The Morgan fingerprint density at radius 3 is 2.96 bits per heavy atom. The molecule has 0 N–H and O–H groups in total. The van der Waals surface area contributed by atoms with Gasteiger partial charge >= 0.3 is 0 Å². The van der Waals surface area contributed by atoms with Crippen LogP contribution >= 0.6 is 0 Å². The van der Waals surface area contributed by atoms with E-state index in [0.29, 0.717) is 5.69 Å². The van der Waals surface area contributed by atoms with Crippen LogP contribution < -0.4 is 0 Å². The summed E-state index contributed by atoms with van der Waals surface area (Å²) < 4.78 is 1.96. The highest BCUT2D eigenvalue weighted by Crippen LogP contribution is 2.17. The number of aromatic nitrogens is 3. The quantitative estimate of drug-likeness (QED) is 0.730. The minimum Gasteiger partial charge on any atom is -0.292 e. The van der Waals surface area contributed by atoms with Crippen LogP contribution in [0.25, 0.3) is 10.9 Å². The maximum absolute atomic E-state index is 9.01. The average Bonchev–Trinajstić information content (AvgIpc) is 2.87. The second-order valence-electron chi connectivity index (χ2n) is 5.92. The van der Waals surface area contributed by atoms with Gasteiger partial charge in [-0.3, -0.25) is 14.6 Å². The molecule has 0 spiro atoms. The lowest BCUT2D eigenvalue weighted by Crippen LogP contribution is -2.23. The first-order valence-corrected chi connectivity index (χ1v) is 7.86. The van der Waals surface area contributed by atoms with E-state index in [4.69, 9.17) is 10.2 Å². The van der Waals surface area contributed by atoms with Gasteiger partial charge in [-0.15, -0.1) is 0 Å². The SMILES string of the molecule is N#Cc1cc2n(n1)CCCN(Cc1ccc3ccccc3n1)C2. The molecule has 1 aromatic carbocycles. The van der Waals surface area contributed by atoms with Gasteiger partial charge in [0.25, 0.3) is 0 Å². The summed E-state index contributed by atoms with van der Waals surface area (Å²) in [7, 11) is 0. The molecule has 114 valence electrons. The topological polar surface area (TPSA) is 57.7 Å². The molecular formula is C18H17N5. The molecule has 0 unspecified atom stereocenters. The Bertz CT molecular complexity index is 890. The zero-order valence-electron chi connectivity index (χ0n) is 12.8. The van der Waals surface area contributed by atoms with E-state index in [9.17, 15) is 0 Å². The van der Waals surface area contributed by atoms with Crippen molar-refractivity contribution in [3.63, 3.8) is 0 Å². The summed E-state index contributed by atoms with van der Waals surface area (Å²) >= 11 is 0. The summed E-state index contributed by atoms with van der Waals surface area (Å²) in [6.07, 6.45) is 1.03. The van der Waals surface area contributed by atoms with Gasteiger partial charge in [0.2, 0.25) is 0 Å². The summed E-state index contributed by atoms with van der Waals surface area (Å²) in [6, 6.07) is 16.4. The molecule has 0 aliphatic carbocycles. The predicted octanol–water partition coefficient (Wildman–Crippen LogP) is 2.71. The van der Waals surface area contributed by atoms with Gasteiger partial charge in [-0.2, -0.15) is 10.4 Å². The second-order valence-corrected chi connectivity index (χ2v) is 5.92. The number of nitrogens with zero attached hydrogens (tertiary/aromatic N) is 5. The van der Waals surface area contributed by atoms with Crippen molar-refractivity contribution in [2.24, 2.45) is 0 Å². The largest absolute Gasteiger partial charge is 0.292 e. The number of hydrogen-bond acceptors (Lipinski definition) is 4. The number of benzene rings is 1. The predicted molar refractivity (Wildman–Crippen MR) is 87.4 cm³/mol. The van der Waals surface area contributed by atoms with Crippen LogP contribution in [-0.4, -0.2) is 26.2 Å². The van der Waals surface area contributed by atoms with Crippen LogP contribution in [-0.2, 0) is 19.6 Å². The van der Waals surface area contributed by atoms with Crippen LogP contribution in [0.3, 0.4) is 0 Å². The molecular weight excluding hydrogens is 286 g/mol. The molecule has 2 aromatic heterocycles. The first-order valence-electron chi connectivity index (χ1n) is 7.86. The van der Waals surface area contributed by atoms with Gasteiger partial charge in [0, 0.05) is 31.6 Å². The number of nitriles is 1. The molecule has 5 heteroatoms. The summed E-state index contributed by atoms with van der Waals surface area (Å²) in [6.45, 7) is 3.51. The third-order valence-corrected chi connectivity index (χ3v) is 4.25. The highest BCUT2D eigenvalue weighted by molar-refractivity contribution is 5.78. The molecule has 0 atom stereocenters. The molecule has 23 heavy (non-hydrogen) atoms. The lowest BCUT2D eigenvalue weighted by molar-refractivity contribution is 0.258. The number of fused-ring (bicyclic) bond motifs is 2. The van der Waals surface area contributed by atoms with Crippen LogP contribution in [0.1, 0.15) is 23.5 Å². The standard InChI is InChI=1S/C18H17N5/c19-11-16-10-17-13-22(8-3-9-23(17)21-16)12-15-7-6-14-4-1-2-5-18(14)20-15/h1-2,4-7,10H,3,8-9,12-13H2. The Hall–Kier alpha value is -2.71. The van der Waals surface area contributed by atoms with Gasteiger partial charge in [0.05, 0.1) is 16.9 Å². The smallest absolute Gasteiger partial charge is 0.162 e. The van der Waals surface area contributed by atoms with E-state index >= 15 is 0 Å². The first-order chi connectivity index (χ1) is 11.3. The van der Waals surface area contributed by atoms with E-state index in [-0.39, 0.29) is 0 Å². The fraction of sp³-hybridized carbons (Fsp3) is 0.278. The Labute approximate surface area is 134 Å². The van der Waals surface area contributed by atoms with Crippen molar-refractivity contribution in [1.29, 1.82) is 5.26 Å². The van der Waals surface area contributed by atoms with Crippen LogP contribution in [0.4, 0.5) is 0 Å². The highest BCUT2D eigenvalue weighted by atomic mass is 15.3. The van der Waals surface area contributed by atoms with Crippen molar-refractivity contribution in [2.45, 2.75) is 26.1 Å². The maximum atomic E-state index is 9.01. The number of aryl methyl sites for hydroxylation is 1. The number of hydrogen-bond donors (Lipinski definition) is 0. The Morgan fingerprint density at radius 1 is 1.13 bits per heavy atom. The molecule has 0 saturated heterocycles. The fourth-order valence-corrected chi connectivity index (χ4v) is 3.14. The molecule has 0 fully saturated rings. The number of rotatable bonds is 2. The number of para-hydroxylation sites is 1. The van der Waals surface area contributed by atoms with Crippen LogP contribution in [0.2, 0.25) is 0 Å². The summed E-state index contributed by atoms with van der Waals surface area (Å²) in [5.41, 5.74) is 3.74. The molecule has 5 nitrogen and oxygen atoms in total. The summed E-state index contributed by atoms with van der Waals surface area (Å²) in [5.74, 6) is 0. The monoisotopic (exact) mass is 303 g/mol. The highest BCUT2D eigenvalue weighted by Gasteiger charge is 2.17.